The predicted molar refractivity (Wildman–Crippen MR) is 55.3 cm³/mol. The maximum atomic E-state index is 5.89. The first kappa shape index (κ1) is 10.4. The Bertz CT molecular complexity index is 205. The minimum atomic E-state index is 0.212. The Morgan fingerprint density at radius 1 is 1.29 bits per heavy atom. The third-order valence-electron chi connectivity index (χ3n) is 3.87. The molecule has 3 atom stereocenters. The molecule has 0 aliphatic carbocycles. The first-order chi connectivity index (χ1) is 6.64. The lowest BCUT2D eigenvalue weighted by Gasteiger charge is -2.50. The first-order valence-electron chi connectivity index (χ1n) is 5.58. The summed E-state index contributed by atoms with van der Waals surface area (Å²) in [6, 6.07) is 0. The first-order valence-corrected chi connectivity index (χ1v) is 5.58. The van der Waals surface area contributed by atoms with E-state index in [2.05, 4.69) is 26.1 Å². The highest BCUT2D eigenvalue weighted by molar-refractivity contribution is 4.98. The zero-order valence-electron chi connectivity index (χ0n) is 9.38. The van der Waals surface area contributed by atoms with E-state index in [1.807, 2.05) is 0 Å². The molecule has 1 N–H and O–H groups in total. The molecule has 0 aromatic carbocycles. The van der Waals surface area contributed by atoms with Gasteiger partial charge in [-0.3, -0.25) is 0 Å². The molecule has 0 bridgehead atoms. The van der Waals surface area contributed by atoms with Gasteiger partial charge in [0.15, 0.2) is 0 Å². The van der Waals surface area contributed by atoms with Crippen molar-refractivity contribution in [1.29, 1.82) is 0 Å². The maximum Gasteiger partial charge on any atom is 0.0967 e. The van der Waals surface area contributed by atoms with Crippen molar-refractivity contribution in [1.82, 2.24) is 5.32 Å². The van der Waals surface area contributed by atoms with E-state index in [9.17, 15) is 0 Å². The molecule has 2 heterocycles. The zero-order valence-corrected chi connectivity index (χ0v) is 9.38. The number of piperidine rings is 1. The second-order valence-electron chi connectivity index (χ2n) is 4.99. The quantitative estimate of drug-likeness (QED) is 0.684. The van der Waals surface area contributed by atoms with Crippen LogP contribution in [0.1, 0.15) is 20.8 Å². The van der Waals surface area contributed by atoms with Crippen LogP contribution in [0.25, 0.3) is 0 Å². The molecule has 0 amide bonds. The molecular weight excluding hydrogens is 178 g/mol. The molecule has 0 radical (unpaired) electrons. The van der Waals surface area contributed by atoms with E-state index in [1.165, 1.54) is 0 Å². The number of fused-ring (bicyclic) bond motifs is 1. The van der Waals surface area contributed by atoms with Gasteiger partial charge in [-0.25, -0.2) is 0 Å². The molecule has 14 heavy (non-hydrogen) atoms. The van der Waals surface area contributed by atoms with Gasteiger partial charge in [0.25, 0.3) is 0 Å². The molecule has 0 aromatic heterocycles. The van der Waals surface area contributed by atoms with Crippen LogP contribution in [0.3, 0.4) is 0 Å². The highest BCUT2D eigenvalue weighted by Gasteiger charge is 2.46. The third kappa shape index (κ3) is 1.58. The van der Waals surface area contributed by atoms with E-state index in [1.54, 1.807) is 0 Å². The summed E-state index contributed by atoms with van der Waals surface area (Å²) >= 11 is 0. The van der Waals surface area contributed by atoms with Gasteiger partial charge in [0.05, 0.1) is 25.4 Å². The summed E-state index contributed by atoms with van der Waals surface area (Å²) < 4.78 is 11.6. The monoisotopic (exact) mass is 199 g/mol. The number of nitrogens with one attached hydrogen (secondary N) is 1. The minimum Gasteiger partial charge on any atom is -0.372 e. The highest BCUT2D eigenvalue weighted by atomic mass is 16.6. The molecule has 0 saturated carbocycles. The van der Waals surface area contributed by atoms with Gasteiger partial charge in [0, 0.05) is 18.5 Å². The lowest BCUT2D eigenvalue weighted by atomic mass is 9.70. The molecule has 3 heteroatoms. The van der Waals surface area contributed by atoms with Crippen molar-refractivity contribution >= 4 is 0 Å². The normalized spacial score (nSPS) is 43.7. The SMILES string of the molecule is CC(C)C1(C)CNCC2OCCOC21. The Labute approximate surface area is 86.2 Å². The molecule has 2 aliphatic heterocycles. The van der Waals surface area contributed by atoms with Crippen LogP contribution in [0.2, 0.25) is 0 Å². The molecule has 0 spiro atoms. The van der Waals surface area contributed by atoms with Gasteiger partial charge in [0.2, 0.25) is 0 Å². The van der Waals surface area contributed by atoms with Crippen molar-refractivity contribution in [3.05, 3.63) is 0 Å². The molecule has 2 rings (SSSR count). The summed E-state index contributed by atoms with van der Waals surface area (Å²) in [6.07, 6.45) is 0.530. The summed E-state index contributed by atoms with van der Waals surface area (Å²) in [7, 11) is 0. The molecular formula is C11H21NO2. The van der Waals surface area contributed by atoms with Crippen molar-refractivity contribution in [2.75, 3.05) is 26.3 Å². The van der Waals surface area contributed by atoms with E-state index >= 15 is 0 Å². The fourth-order valence-corrected chi connectivity index (χ4v) is 2.47. The second-order valence-corrected chi connectivity index (χ2v) is 4.99. The number of ether oxygens (including phenoxy) is 2. The highest BCUT2D eigenvalue weighted by Crippen LogP contribution is 2.38. The van der Waals surface area contributed by atoms with Crippen LogP contribution in [0, 0.1) is 11.3 Å². The molecule has 0 aromatic rings. The van der Waals surface area contributed by atoms with Crippen molar-refractivity contribution < 1.29 is 9.47 Å². The van der Waals surface area contributed by atoms with E-state index in [0.29, 0.717) is 5.92 Å². The zero-order chi connectivity index (χ0) is 10.2. The topological polar surface area (TPSA) is 30.5 Å². The Hall–Kier alpha value is -0.120. The van der Waals surface area contributed by atoms with Gasteiger partial charge >= 0.3 is 0 Å². The minimum absolute atomic E-state index is 0.212. The fourth-order valence-electron chi connectivity index (χ4n) is 2.47. The average molecular weight is 199 g/mol. The van der Waals surface area contributed by atoms with Gasteiger partial charge in [-0.1, -0.05) is 20.8 Å². The Morgan fingerprint density at radius 3 is 2.71 bits per heavy atom. The van der Waals surface area contributed by atoms with Crippen LogP contribution in [0.4, 0.5) is 0 Å². The molecule has 3 unspecified atom stereocenters. The molecule has 82 valence electrons. The summed E-state index contributed by atoms with van der Waals surface area (Å²) in [5.41, 5.74) is 0.212. The summed E-state index contributed by atoms with van der Waals surface area (Å²) in [6.45, 7) is 10.3. The van der Waals surface area contributed by atoms with Gasteiger partial charge < -0.3 is 14.8 Å². The van der Waals surface area contributed by atoms with E-state index in [0.717, 1.165) is 26.3 Å². The van der Waals surface area contributed by atoms with E-state index in [-0.39, 0.29) is 17.6 Å². The van der Waals surface area contributed by atoms with Crippen molar-refractivity contribution in [2.24, 2.45) is 11.3 Å². The average Bonchev–Trinajstić information content (AvgIpc) is 2.18. The third-order valence-corrected chi connectivity index (χ3v) is 3.87. The van der Waals surface area contributed by atoms with Crippen molar-refractivity contribution in [3.8, 4) is 0 Å². The van der Waals surface area contributed by atoms with Gasteiger partial charge in [-0.2, -0.15) is 0 Å². The molecule has 2 saturated heterocycles. The largest absolute Gasteiger partial charge is 0.372 e. The molecule has 2 fully saturated rings. The van der Waals surface area contributed by atoms with Gasteiger partial charge in [-0.15, -0.1) is 0 Å². The van der Waals surface area contributed by atoms with Crippen molar-refractivity contribution in [2.45, 2.75) is 33.0 Å². The van der Waals surface area contributed by atoms with E-state index < -0.39 is 0 Å². The summed E-state index contributed by atoms with van der Waals surface area (Å²) in [5.74, 6) is 0.615. The Kier molecular flexibility index (Phi) is 2.82. The van der Waals surface area contributed by atoms with Crippen LogP contribution < -0.4 is 5.32 Å². The number of hydrogen-bond donors (Lipinski definition) is 1. The van der Waals surface area contributed by atoms with Crippen LogP contribution in [0.15, 0.2) is 0 Å². The van der Waals surface area contributed by atoms with Crippen molar-refractivity contribution in [3.63, 3.8) is 0 Å². The second kappa shape index (κ2) is 3.80. The van der Waals surface area contributed by atoms with Crippen LogP contribution >= 0.6 is 0 Å². The lowest BCUT2D eigenvalue weighted by Crippen LogP contribution is -2.62. The fraction of sp³-hybridized carbons (Fsp3) is 1.00. The molecule has 3 nitrogen and oxygen atoms in total. The standard InChI is InChI=1S/C11H21NO2/c1-8(2)11(3)7-12-6-9-10(11)14-5-4-13-9/h8-10,12H,4-7H2,1-3H3. The Morgan fingerprint density at radius 2 is 2.00 bits per heavy atom. The maximum absolute atomic E-state index is 5.89. The lowest BCUT2D eigenvalue weighted by molar-refractivity contribution is -0.201. The van der Waals surface area contributed by atoms with Gasteiger partial charge in [-0.05, 0) is 5.92 Å². The van der Waals surface area contributed by atoms with E-state index in [4.69, 9.17) is 9.47 Å². The number of hydrogen-bond acceptors (Lipinski definition) is 3. The number of rotatable bonds is 1. The summed E-state index contributed by atoms with van der Waals surface area (Å²) in [4.78, 5) is 0. The van der Waals surface area contributed by atoms with Crippen LogP contribution in [-0.4, -0.2) is 38.5 Å². The Balaban J connectivity index is 2.15. The van der Waals surface area contributed by atoms with Crippen LogP contribution in [-0.2, 0) is 9.47 Å². The smallest absolute Gasteiger partial charge is 0.0967 e. The van der Waals surface area contributed by atoms with Crippen LogP contribution in [0.5, 0.6) is 0 Å². The predicted octanol–water partition coefficient (Wildman–Crippen LogP) is 1.04. The molecule has 2 aliphatic rings. The summed E-state index contributed by atoms with van der Waals surface area (Å²) in [5, 5.41) is 3.45. The van der Waals surface area contributed by atoms with Gasteiger partial charge in [0.1, 0.15) is 0 Å².